The zero-order valence-electron chi connectivity index (χ0n) is 13.1. The molecule has 0 fully saturated rings. The summed E-state index contributed by atoms with van der Waals surface area (Å²) >= 11 is 0. The fourth-order valence-electron chi connectivity index (χ4n) is 2.19. The van der Waals surface area contributed by atoms with E-state index < -0.39 is 6.10 Å². The van der Waals surface area contributed by atoms with Crippen LogP contribution in [-0.2, 0) is 0 Å². The molecule has 1 atom stereocenters. The molecular formula is C16H26O4. The molecule has 0 saturated carbocycles. The molecule has 0 aliphatic carbocycles. The number of aliphatic hydroxyl groups is 1. The van der Waals surface area contributed by atoms with Crippen molar-refractivity contribution < 1.29 is 19.3 Å². The molecule has 1 rings (SSSR count). The lowest BCUT2D eigenvalue weighted by Crippen LogP contribution is -2.03. The van der Waals surface area contributed by atoms with Crippen molar-refractivity contribution in [3.8, 4) is 17.2 Å². The number of hydrogen-bond acceptors (Lipinski definition) is 4. The van der Waals surface area contributed by atoms with Gasteiger partial charge in [-0.15, -0.1) is 0 Å². The second kappa shape index (κ2) is 8.00. The maximum Gasteiger partial charge on any atom is 0.164 e. The van der Waals surface area contributed by atoms with E-state index in [1.54, 1.807) is 33.5 Å². The predicted octanol–water partition coefficient (Wildman–Crippen LogP) is 3.57. The van der Waals surface area contributed by atoms with E-state index in [2.05, 4.69) is 13.8 Å². The number of methoxy groups -OCH3 is 3. The number of ether oxygens (including phenoxy) is 3. The molecule has 114 valence electrons. The van der Waals surface area contributed by atoms with Crippen LogP contribution in [0.5, 0.6) is 17.2 Å². The van der Waals surface area contributed by atoms with Gasteiger partial charge in [0.15, 0.2) is 11.5 Å². The van der Waals surface area contributed by atoms with Gasteiger partial charge < -0.3 is 19.3 Å². The van der Waals surface area contributed by atoms with E-state index in [0.717, 1.165) is 18.4 Å². The average Bonchev–Trinajstić information content (AvgIpc) is 2.45. The van der Waals surface area contributed by atoms with Crippen molar-refractivity contribution >= 4 is 0 Å². The van der Waals surface area contributed by atoms with Crippen LogP contribution in [0.4, 0.5) is 0 Å². The number of hydrogen-bond donors (Lipinski definition) is 1. The summed E-state index contributed by atoms with van der Waals surface area (Å²) in [6, 6.07) is 3.54. The maximum atomic E-state index is 10.4. The van der Waals surface area contributed by atoms with Crippen molar-refractivity contribution in [2.24, 2.45) is 5.92 Å². The Balaban J connectivity index is 2.91. The molecule has 0 radical (unpaired) electrons. The minimum absolute atomic E-state index is 0.552. The third-order valence-electron chi connectivity index (χ3n) is 3.35. The molecule has 0 saturated heterocycles. The largest absolute Gasteiger partial charge is 0.496 e. The van der Waals surface area contributed by atoms with Crippen LogP contribution >= 0.6 is 0 Å². The van der Waals surface area contributed by atoms with Gasteiger partial charge in [-0.3, -0.25) is 0 Å². The van der Waals surface area contributed by atoms with Crippen molar-refractivity contribution in [2.45, 2.75) is 39.2 Å². The minimum Gasteiger partial charge on any atom is -0.496 e. The van der Waals surface area contributed by atoms with Crippen LogP contribution in [0.3, 0.4) is 0 Å². The number of rotatable bonds is 8. The van der Waals surface area contributed by atoms with Crippen LogP contribution in [0.25, 0.3) is 0 Å². The van der Waals surface area contributed by atoms with Gasteiger partial charge in [0.25, 0.3) is 0 Å². The van der Waals surface area contributed by atoms with Crippen molar-refractivity contribution in [1.82, 2.24) is 0 Å². The molecular weight excluding hydrogens is 256 g/mol. The van der Waals surface area contributed by atoms with Gasteiger partial charge in [-0.2, -0.15) is 0 Å². The molecule has 0 heterocycles. The van der Waals surface area contributed by atoms with E-state index in [9.17, 15) is 5.11 Å². The number of aliphatic hydroxyl groups excluding tert-OH is 1. The zero-order chi connectivity index (χ0) is 15.1. The van der Waals surface area contributed by atoms with Gasteiger partial charge in [-0.25, -0.2) is 0 Å². The summed E-state index contributed by atoms with van der Waals surface area (Å²) in [4.78, 5) is 0. The van der Waals surface area contributed by atoms with Crippen LogP contribution in [0.2, 0.25) is 0 Å². The summed E-state index contributed by atoms with van der Waals surface area (Å²) in [5.74, 6) is 2.47. The first kappa shape index (κ1) is 16.6. The molecule has 0 aromatic heterocycles. The summed E-state index contributed by atoms with van der Waals surface area (Å²) in [5, 5.41) is 10.4. The third kappa shape index (κ3) is 4.30. The predicted molar refractivity (Wildman–Crippen MR) is 79.7 cm³/mol. The van der Waals surface area contributed by atoms with Crippen LogP contribution in [0.15, 0.2) is 12.1 Å². The Morgan fingerprint density at radius 1 is 0.900 bits per heavy atom. The first-order chi connectivity index (χ1) is 9.53. The summed E-state index contributed by atoms with van der Waals surface area (Å²) in [6.07, 6.45) is 2.25. The molecule has 1 aromatic rings. The van der Waals surface area contributed by atoms with Crippen LogP contribution in [0, 0.1) is 5.92 Å². The first-order valence-electron chi connectivity index (χ1n) is 7.01. The zero-order valence-corrected chi connectivity index (χ0v) is 13.1. The SMILES string of the molecule is COc1cc(OC)c(C(O)CCCC(C)C)cc1OC. The highest BCUT2D eigenvalue weighted by Gasteiger charge is 2.18. The molecule has 4 nitrogen and oxygen atoms in total. The smallest absolute Gasteiger partial charge is 0.164 e. The first-order valence-corrected chi connectivity index (χ1v) is 7.01. The fraction of sp³-hybridized carbons (Fsp3) is 0.625. The van der Waals surface area contributed by atoms with Gasteiger partial charge >= 0.3 is 0 Å². The lowest BCUT2D eigenvalue weighted by molar-refractivity contribution is 0.157. The van der Waals surface area contributed by atoms with E-state index in [1.165, 1.54) is 0 Å². The molecule has 20 heavy (non-hydrogen) atoms. The third-order valence-corrected chi connectivity index (χ3v) is 3.35. The minimum atomic E-state index is -0.552. The van der Waals surface area contributed by atoms with Gasteiger partial charge in [0.05, 0.1) is 27.4 Å². The number of benzene rings is 1. The Morgan fingerprint density at radius 3 is 1.95 bits per heavy atom. The highest BCUT2D eigenvalue weighted by atomic mass is 16.5. The molecule has 4 heteroatoms. The van der Waals surface area contributed by atoms with Crippen molar-refractivity contribution in [2.75, 3.05) is 21.3 Å². The Morgan fingerprint density at radius 2 is 1.45 bits per heavy atom. The lowest BCUT2D eigenvalue weighted by Gasteiger charge is -2.18. The van der Waals surface area contributed by atoms with Gasteiger partial charge in [-0.1, -0.05) is 26.7 Å². The summed E-state index contributed by atoms with van der Waals surface area (Å²) < 4.78 is 15.9. The second-order valence-corrected chi connectivity index (χ2v) is 5.29. The molecule has 1 aromatic carbocycles. The fourth-order valence-corrected chi connectivity index (χ4v) is 2.19. The summed E-state index contributed by atoms with van der Waals surface area (Å²) in [6.45, 7) is 4.37. The van der Waals surface area contributed by atoms with Crippen molar-refractivity contribution in [3.05, 3.63) is 17.7 Å². The second-order valence-electron chi connectivity index (χ2n) is 5.29. The normalized spacial score (nSPS) is 12.3. The molecule has 0 spiro atoms. The standard InChI is InChI=1S/C16H26O4/c1-11(2)7-6-8-13(17)12-9-15(19-4)16(20-5)10-14(12)18-3/h9-11,13,17H,6-8H2,1-5H3. The van der Waals surface area contributed by atoms with E-state index in [0.29, 0.717) is 29.6 Å². The quantitative estimate of drug-likeness (QED) is 0.792. The molecule has 0 amide bonds. The summed E-state index contributed by atoms with van der Waals surface area (Å²) in [5.41, 5.74) is 0.744. The topological polar surface area (TPSA) is 47.9 Å². The highest BCUT2D eigenvalue weighted by Crippen LogP contribution is 2.38. The Bertz CT molecular complexity index is 415. The molecule has 1 N–H and O–H groups in total. The van der Waals surface area contributed by atoms with Crippen molar-refractivity contribution in [3.63, 3.8) is 0 Å². The van der Waals surface area contributed by atoms with Gasteiger partial charge in [0.2, 0.25) is 0 Å². The van der Waals surface area contributed by atoms with Crippen LogP contribution < -0.4 is 14.2 Å². The maximum absolute atomic E-state index is 10.4. The van der Waals surface area contributed by atoms with E-state index in [4.69, 9.17) is 14.2 Å². The van der Waals surface area contributed by atoms with Gasteiger partial charge in [0.1, 0.15) is 5.75 Å². The van der Waals surface area contributed by atoms with E-state index >= 15 is 0 Å². The Kier molecular flexibility index (Phi) is 6.65. The molecule has 0 aliphatic heterocycles. The molecule has 1 unspecified atom stereocenters. The van der Waals surface area contributed by atoms with Crippen molar-refractivity contribution in [1.29, 1.82) is 0 Å². The highest BCUT2D eigenvalue weighted by molar-refractivity contribution is 5.51. The summed E-state index contributed by atoms with van der Waals surface area (Å²) in [7, 11) is 4.75. The van der Waals surface area contributed by atoms with E-state index in [-0.39, 0.29) is 0 Å². The Hall–Kier alpha value is -1.42. The Labute approximate surface area is 121 Å². The van der Waals surface area contributed by atoms with E-state index in [1.807, 2.05) is 0 Å². The monoisotopic (exact) mass is 282 g/mol. The van der Waals surface area contributed by atoms with Crippen LogP contribution in [0.1, 0.15) is 44.8 Å². The lowest BCUT2D eigenvalue weighted by atomic mass is 9.99. The van der Waals surface area contributed by atoms with Crippen LogP contribution in [-0.4, -0.2) is 26.4 Å². The van der Waals surface area contributed by atoms with Gasteiger partial charge in [-0.05, 0) is 18.4 Å². The van der Waals surface area contributed by atoms with Gasteiger partial charge in [0, 0.05) is 11.6 Å². The molecule has 0 aliphatic rings. The molecule has 0 bridgehead atoms. The average molecular weight is 282 g/mol.